The maximum Gasteiger partial charge on any atom is 0.161 e. The maximum absolute atomic E-state index is 5.97. The number of nitrogens with one attached hydrogen (secondary N) is 1. The highest BCUT2D eigenvalue weighted by atomic mass is 79.9. The minimum absolute atomic E-state index is 0.466. The summed E-state index contributed by atoms with van der Waals surface area (Å²) in [6.07, 6.45) is 1.75. The van der Waals surface area contributed by atoms with E-state index >= 15 is 0 Å². The first-order chi connectivity index (χ1) is 15.6. The number of ether oxygens (including phenoxy) is 4. The number of methoxy groups -OCH3 is 2. The Balaban J connectivity index is 1.60. The number of hydrazone groups is 1. The van der Waals surface area contributed by atoms with Crippen LogP contribution in [0.1, 0.15) is 23.6 Å². The second kappa shape index (κ2) is 12.0. The van der Waals surface area contributed by atoms with Crippen LogP contribution in [0.4, 0.5) is 0 Å². The molecule has 3 aromatic carbocycles. The molecule has 7 heteroatoms. The molecule has 0 bridgehead atoms. The fourth-order valence-electron chi connectivity index (χ4n) is 2.98. The Labute approximate surface area is 197 Å². The molecule has 0 radical (unpaired) electrons. The molecule has 1 N–H and O–H groups in total. The third-order valence-corrected chi connectivity index (χ3v) is 5.14. The standard InChI is InChI=1S/C25H27BrN2O4/c1-4-31-25-14-20(8-12-23(25)32-17-18-5-9-21(26)10-6-18)16-28-27-15-19-7-11-22(29-2)24(13-19)30-3/h5-14,16,27H,4,15,17H2,1-3H3/b28-16-. The highest BCUT2D eigenvalue weighted by molar-refractivity contribution is 9.10. The van der Waals surface area contributed by atoms with Gasteiger partial charge in [0.25, 0.3) is 0 Å². The Morgan fingerprint density at radius 2 is 1.53 bits per heavy atom. The first-order valence-electron chi connectivity index (χ1n) is 10.2. The third-order valence-electron chi connectivity index (χ3n) is 4.61. The van der Waals surface area contributed by atoms with Gasteiger partial charge in [0.2, 0.25) is 0 Å². The van der Waals surface area contributed by atoms with Crippen molar-refractivity contribution in [1.82, 2.24) is 5.43 Å². The number of rotatable bonds is 11. The second-order valence-electron chi connectivity index (χ2n) is 6.84. The van der Waals surface area contributed by atoms with Crippen molar-refractivity contribution in [3.8, 4) is 23.0 Å². The normalized spacial score (nSPS) is 10.8. The fraction of sp³-hybridized carbons (Fsp3) is 0.240. The van der Waals surface area contributed by atoms with E-state index in [4.69, 9.17) is 18.9 Å². The molecular weight excluding hydrogens is 472 g/mol. The minimum atomic E-state index is 0.466. The lowest BCUT2D eigenvalue weighted by molar-refractivity contribution is 0.269. The Morgan fingerprint density at radius 3 is 2.25 bits per heavy atom. The van der Waals surface area contributed by atoms with Crippen LogP contribution in [0.15, 0.2) is 70.2 Å². The van der Waals surface area contributed by atoms with E-state index in [0.29, 0.717) is 42.8 Å². The van der Waals surface area contributed by atoms with Crippen LogP contribution in [0.3, 0.4) is 0 Å². The number of halogens is 1. The van der Waals surface area contributed by atoms with E-state index in [1.807, 2.05) is 67.6 Å². The molecule has 0 aliphatic heterocycles. The summed E-state index contributed by atoms with van der Waals surface area (Å²) in [6.45, 7) is 3.52. The average Bonchev–Trinajstić information content (AvgIpc) is 2.82. The van der Waals surface area contributed by atoms with Gasteiger partial charge >= 0.3 is 0 Å². The van der Waals surface area contributed by atoms with Gasteiger partial charge in [-0.05, 0) is 66.1 Å². The fourth-order valence-corrected chi connectivity index (χ4v) is 3.25. The molecule has 3 rings (SSSR count). The summed E-state index contributed by atoms with van der Waals surface area (Å²) in [5, 5.41) is 4.32. The van der Waals surface area contributed by atoms with Crippen LogP contribution < -0.4 is 24.4 Å². The number of nitrogens with zero attached hydrogens (tertiary/aromatic N) is 1. The van der Waals surface area contributed by atoms with Crippen LogP contribution in [0.25, 0.3) is 0 Å². The quantitative estimate of drug-likeness (QED) is 0.276. The average molecular weight is 499 g/mol. The van der Waals surface area contributed by atoms with Crippen molar-refractivity contribution in [3.63, 3.8) is 0 Å². The van der Waals surface area contributed by atoms with E-state index in [-0.39, 0.29) is 0 Å². The first-order valence-corrected chi connectivity index (χ1v) is 11.0. The molecule has 0 aliphatic carbocycles. The molecule has 0 aliphatic rings. The van der Waals surface area contributed by atoms with E-state index in [1.165, 1.54) is 0 Å². The van der Waals surface area contributed by atoms with Gasteiger partial charge in [0.15, 0.2) is 23.0 Å². The predicted molar refractivity (Wildman–Crippen MR) is 130 cm³/mol. The van der Waals surface area contributed by atoms with Gasteiger partial charge in [-0.25, -0.2) is 0 Å². The van der Waals surface area contributed by atoms with E-state index in [1.54, 1.807) is 20.4 Å². The maximum atomic E-state index is 5.97. The van der Waals surface area contributed by atoms with Crippen molar-refractivity contribution in [2.24, 2.45) is 5.10 Å². The van der Waals surface area contributed by atoms with Crippen LogP contribution in [-0.2, 0) is 13.2 Å². The molecular formula is C25H27BrN2O4. The molecule has 0 aromatic heterocycles. The summed E-state index contributed by atoms with van der Waals surface area (Å²) in [7, 11) is 3.24. The van der Waals surface area contributed by atoms with Gasteiger partial charge < -0.3 is 24.4 Å². The molecule has 168 valence electrons. The lowest BCUT2D eigenvalue weighted by Crippen LogP contribution is -2.06. The number of hydrogen-bond acceptors (Lipinski definition) is 6. The van der Waals surface area contributed by atoms with Crippen molar-refractivity contribution in [1.29, 1.82) is 0 Å². The lowest BCUT2D eigenvalue weighted by Gasteiger charge is -2.13. The van der Waals surface area contributed by atoms with Crippen LogP contribution in [0, 0.1) is 0 Å². The van der Waals surface area contributed by atoms with Gasteiger partial charge in [0.1, 0.15) is 6.61 Å². The SMILES string of the molecule is CCOc1cc(/C=N\NCc2ccc(OC)c(OC)c2)ccc1OCc1ccc(Br)cc1. The van der Waals surface area contributed by atoms with E-state index in [9.17, 15) is 0 Å². The summed E-state index contributed by atoms with van der Waals surface area (Å²) >= 11 is 3.44. The second-order valence-corrected chi connectivity index (χ2v) is 7.75. The predicted octanol–water partition coefficient (Wildman–Crippen LogP) is 5.57. The topological polar surface area (TPSA) is 61.3 Å². The molecule has 32 heavy (non-hydrogen) atoms. The minimum Gasteiger partial charge on any atom is -0.493 e. The summed E-state index contributed by atoms with van der Waals surface area (Å²) in [5.74, 6) is 2.78. The molecule has 0 saturated heterocycles. The highest BCUT2D eigenvalue weighted by Gasteiger charge is 2.07. The van der Waals surface area contributed by atoms with Crippen LogP contribution in [-0.4, -0.2) is 27.0 Å². The zero-order valence-corrected chi connectivity index (χ0v) is 20.0. The summed E-state index contributed by atoms with van der Waals surface area (Å²) in [6, 6.07) is 19.6. The molecule has 0 fully saturated rings. The highest BCUT2D eigenvalue weighted by Crippen LogP contribution is 2.29. The van der Waals surface area contributed by atoms with Gasteiger partial charge in [0, 0.05) is 4.47 Å². The van der Waals surface area contributed by atoms with Crippen molar-refractivity contribution in [2.75, 3.05) is 20.8 Å². The number of benzene rings is 3. The van der Waals surface area contributed by atoms with Gasteiger partial charge in [-0.3, -0.25) is 0 Å². The molecule has 0 atom stereocenters. The Morgan fingerprint density at radius 1 is 0.812 bits per heavy atom. The van der Waals surface area contributed by atoms with Gasteiger partial charge in [-0.1, -0.05) is 34.1 Å². The molecule has 0 unspecified atom stereocenters. The molecule has 3 aromatic rings. The first kappa shape index (κ1) is 23.5. The Hall–Kier alpha value is -3.19. The summed E-state index contributed by atoms with van der Waals surface area (Å²) in [5.41, 5.74) is 6.08. The Kier molecular flexibility index (Phi) is 8.80. The third kappa shape index (κ3) is 6.65. The smallest absolute Gasteiger partial charge is 0.161 e. The van der Waals surface area contributed by atoms with Crippen LogP contribution >= 0.6 is 15.9 Å². The van der Waals surface area contributed by atoms with Gasteiger partial charge in [-0.15, -0.1) is 0 Å². The molecule has 0 spiro atoms. The van der Waals surface area contributed by atoms with Crippen LogP contribution in [0.5, 0.6) is 23.0 Å². The van der Waals surface area contributed by atoms with Crippen molar-refractivity contribution in [3.05, 3.63) is 81.8 Å². The monoisotopic (exact) mass is 498 g/mol. The van der Waals surface area contributed by atoms with Gasteiger partial charge in [0.05, 0.1) is 33.6 Å². The lowest BCUT2D eigenvalue weighted by atomic mass is 10.2. The molecule has 0 saturated carbocycles. The van der Waals surface area contributed by atoms with E-state index in [0.717, 1.165) is 21.2 Å². The van der Waals surface area contributed by atoms with E-state index in [2.05, 4.69) is 26.5 Å². The van der Waals surface area contributed by atoms with Crippen molar-refractivity contribution >= 4 is 22.1 Å². The van der Waals surface area contributed by atoms with E-state index < -0.39 is 0 Å². The van der Waals surface area contributed by atoms with Crippen molar-refractivity contribution < 1.29 is 18.9 Å². The summed E-state index contributed by atoms with van der Waals surface area (Å²) in [4.78, 5) is 0. The molecule has 0 amide bonds. The largest absolute Gasteiger partial charge is 0.493 e. The van der Waals surface area contributed by atoms with Crippen LogP contribution in [0.2, 0.25) is 0 Å². The number of hydrogen-bond donors (Lipinski definition) is 1. The van der Waals surface area contributed by atoms with Crippen molar-refractivity contribution in [2.45, 2.75) is 20.1 Å². The summed E-state index contributed by atoms with van der Waals surface area (Å²) < 4.78 is 23.4. The van der Waals surface area contributed by atoms with Gasteiger partial charge in [-0.2, -0.15) is 5.10 Å². The zero-order chi connectivity index (χ0) is 22.8. The Bertz CT molecular complexity index is 1040. The zero-order valence-electron chi connectivity index (χ0n) is 18.4. The molecule has 0 heterocycles. The molecule has 6 nitrogen and oxygen atoms in total.